The molecule has 0 aliphatic carbocycles. The molecule has 2 aromatic carbocycles. The van der Waals surface area contributed by atoms with Crippen LogP contribution in [0.2, 0.25) is 5.02 Å². The molecule has 0 unspecified atom stereocenters. The first-order chi connectivity index (χ1) is 13.6. The summed E-state index contributed by atoms with van der Waals surface area (Å²) in [4.78, 5) is 28.7. The zero-order valence-corrected chi connectivity index (χ0v) is 16.2. The molecule has 0 radical (unpaired) electrons. The number of aromatic nitrogens is 2. The number of nitrogens with zero attached hydrogens (tertiary/aromatic N) is 4. The number of amides is 1. The minimum Gasteiger partial charge on any atom is -0.367 e. The fourth-order valence-electron chi connectivity index (χ4n) is 3.60. The van der Waals surface area contributed by atoms with E-state index in [-0.39, 0.29) is 11.3 Å². The molecule has 1 saturated heterocycles. The van der Waals surface area contributed by atoms with Crippen LogP contribution in [0.5, 0.6) is 0 Å². The summed E-state index contributed by atoms with van der Waals surface area (Å²) < 4.78 is 1.73. The Bertz CT molecular complexity index is 1060. The van der Waals surface area contributed by atoms with E-state index in [4.69, 9.17) is 11.6 Å². The molecule has 1 aliphatic rings. The van der Waals surface area contributed by atoms with Gasteiger partial charge >= 0.3 is 0 Å². The highest BCUT2D eigenvalue weighted by Gasteiger charge is 2.22. The quantitative estimate of drug-likeness (QED) is 0.680. The Morgan fingerprint density at radius 2 is 1.71 bits per heavy atom. The van der Waals surface area contributed by atoms with E-state index in [0.29, 0.717) is 31.4 Å². The van der Waals surface area contributed by atoms with Crippen LogP contribution in [0, 0.1) is 0 Å². The van der Waals surface area contributed by atoms with Crippen molar-refractivity contribution in [1.82, 2.24) is 14.7 Å². The van der Waals surface area contributed by atoms with Crippen LogP contribution in [0.1, 0.15) is 6.42 Å². The molecule has 0 atom stereocenters. The molecule has 1 fully saturated rings. The molecule has 4 rings (SSSR count). The number of carbonyl (C=O) groups excluding carboxylic acids is 1. The Morgan fingerprint density at radius 3 is 2.50 bits per heavy atom. The smallest absolute Gasteiger partial charge is 0.224 e. The number of anilines is 1. The summed E-state index contributed by atoms with van der Waals surface area (Å²) in [5.74, 6) is 0.100. The van der Waals surface area contributed by atoms with Gasteiger partial charge in [0.15, 0.2) is 0 Å². The average Bonchev–Trinajstić information content (AvgIpc) is 2.74. The van der Waals surface area contributed by atoms with Crippen molar-refractivity contribution < 1.29 is 4.79 Å². The normalized spacial score (nSPS) is 14.5. The fraction of sp³-hybridized carbons (Fsp3) is 0.286. The van der Waals surface area contributed by atoms with E-state index in [1.807, 2.05) is 47.4 Å². The fourth-order valence-corrected chi connectivity index (χ4v) is 3.86. The second kappa shape index (κ2) is 8.02. The number of para-hydroxylation sites is 2. The molecule has 0 bridgehead atoms. The Morgan fingerprint density at radius 1 is 1.00 bits per heavy atom. The summed E-state index contributed by atoms with van der Waals surface area (Å²) in [5, 5.41) is 5.55. The maximum Gasteiger partial charge on any atom is 0.224 e. The van der Waals surface area contributed by atoms with E-state index in [0.717, 1.165) is 29.3 Å². The molecule has 1 amide bonds. The summed E-state index contributed by atoms with van der Waals surface area (Å²) in [6, 6.07) is 15.1. The Kier molecular flexibility index (Phi) is 5.30. The van der Waals surface area contributed by atoms with E-state index in [2.05, 4.69) is 10.00 Å². The molecule has 0 spiro atoms. The highest BCUT2D eigenvalue weighted by atomic mass is 35.5. The van der Waals surface area contributed by atoms with Crippen LogP contribution in [0.3, 0.4) is 0 Å². The molecule has 2 heterocycles. The molecular formula is C21H21ClN4O2. The summed E-state index contributed by atoms with van der Waals surface area (Å²) in [7, 11) is 0. The molecule has 3 aromatic rings. The minimum atomic E-state index is -0.103. The van der Waals surface area contributed by atoms with Gasteiger partial charge in [0.1, 0.15) is 0 Å². The third kappa shape index (κ3) is 3.73. The van der Waals surface area contributed by atoms with E-state index >= 15 is 0 Å². The van der Waals surface area contributed by atoms with Gasteiger partial charge in [0.2, 0.25) is 11.3 Å². The summed E-state index contributed by atoms with van der Waals surface area (Å²) in [6.07, 6.45) is 1.67. The molecular weight excluding hydrogens is 376 g/mol. The number of aryl methyl sites for hydroxylation is 1. The summed E-state index contributed by atoms with van der Waals surface area (Å²) >= 11 is 6.28. The van der Waals surface area contributed by atoms with Crippen molar-refractivity contribution in [2.45, 2.75) is 13.0 Å². The highest BCUT2D eigenvalue weighted by molar-refractivity contribution is 6.33. The lowest BCUT2D eigenvalue weighted by Gasteiger charge is -2.36. The maximum absolute atomic E-state index is 12.7. The number of carbonyl (C=O) groups is 1. The van der Waals surface area contributed by atoms with Gasteiger partial charge in [-0.05, 0) is 24.3 Å². The monoisotopic (exact) mass is 396 g/mol. The molecule has 28 heavy (non-hydrogen) atoms. The van der Waals surface area contributed by atoms with Crippen molar-refractivity contribution in [2.75, 3.05) is 31.1 Å². The maximum atomic E-state index is 12.7. The van der Waals surface area contributed by atoms with E-state index in [1.165, 1.54) is 6.20 Å². The number of halogens is 1. The number of benzene rings is 2. The highest BCUT2D eigenvalue weighted by Crippen LogP contribution is 2.26. The Hall–Kier alpha value is -2.86. The molecule has 6 nitrogen and oxygen atoms in total. The van der Waals surface area contributed by atoms with Crippen molar-refractivity contribution in [1.29, 1.82) is 0 Å². The van der Waals surface area contributed by atoms with Crippen LogP contribution in [0.4, 0.5) is 5.69 Å². The van der Waals surface area contributed by atoms with Crippen molar-refractivity contribution in [3.8, 4) is 0 Å². The van der Waals surface area contributed by atoms with Gasteiger partial charge in [-0.3, -0.25) is 14.3 Å². The van der Waals surface area contributed by atoms with Crippen molar-refractivity contribution in [3.05, 3.63) is 70.0 Å². The standard InChI is InChI=1S/C21H21ClN4O2/c22-17-6-2-4-8-19(17)24-11-13-25(14-12-24)21(28)9-10-26-18-7-3-1-5-16(18)20(27)15-23-26/h1-8,15H,9-14H2. The average molecular weight is 397 g/mol. The van der Waals surface area contributed by atoms with Gasteiger partial charge in [-0.1, -0.05) is 35.9 Å². The predicted molar refractivity (Wildman–Crippen MR) is 111 cm³/mol. The Balaban J connectivity index is 1.38. The number of rotatable bonds is 4. The number of hydrogen-bond donors (Lipinski definition) is 0. The number of fused-ring (bicyclic) bond motifs is 1. The first-order valence-corrected chi connectivity index (χ1v) is 9.73. The van der Waals surface area contributed by atoms with Crippen molar-refractivity contribution in [2.24, 2.45) is 0 Å². The molecule has 1 aliphatic heterocycles. The van der Waals surface area contributed by atoms with Gasteiger partial charge in [-0.25, -0.2) is 0 Å². The SMILES string of the molecule is O=C(CCn1ncc(=O)c2ccccc21)N1CCN(c2ccccc2Cl)CC1. The van der Waals surface area contributed by atoms with Crippen LogP contribution in [-0.2, 0) is 11.3 Å². The lowest BCUT2D eigenvalue weighted by Crippen LogP contribution is -2.49. The molecule has 144 valence electrons. The van der Waals surface area contributed by atoms with Gasteiger partial charge in [-0.15, -0.1) is 0 Å². The van der Waals surface area contributed by atoms with E-state index in [1.54, 1.807) is 10.7 Å². The third-order valence-corrected chi connectivity index (χ3v) is 5.44. The van der Waals surface area contributed by atoms with Crippen LogP contribution in [0.25, 0.3) is 10.9 Å². The van der Waals surface area contributed by atoms with Crippen molar-refractivity contribution in [3.63, 3.8) is 0 Å². The zero-order chi connectivity index (χ0) is 19.5. The van der Waals surface area contributed by atoms with Crippen molar-refractivity contribution >= 4 is 34.1 Å². The number of piperazine rings is 1. The molecule has 0 saturated carbocycles. The first-order valence-electron chi connectivity index (χ1n) is 9.35. The first kappa shape index (κ1) is 18.5. The predicted octanol–water partition coefficient (Wildman–Crippen LogP) is 2.79. The molecule has 7 heteroatoms. The van der Waals surface area contributed by atoms with Gasteiger partial charge in [-0.2, -0.15) is 5.10 Å². The topological polar surface area (TPSA) is 58.4 Å². The van der Waals surface area contributed by atoms with Gasteiger partial charge in [0.05, 0.1) is 29.0 Å². The largest absolute Gasteiger partial charge is 0.367 e. The number of hydrogen-bond acceptors (Lipinski definition) is 4. The van der Waals surface area contributed by atoms with Gasteiger partial charge in [0, 0.05) is 38.0 Å². The summed E-state index contributed by atoms with van der Waals surface area (Å²) in [5.41, 5.74) is 1.67. The lowest BCUT2D eigenvalue weighted by atomic mass is 10.2. The summed E-state index contributed by atoms with van der Waals surface area (Å²) in [6.45, 7) is 3.30. The van der Waals surface area contributed by atoms with Gasteiger partial charge < -0.3 is 9.80 Å². The third-order valence-electron chi connectivity index (χ3n) is 5.12. The van der Waals surface area contributed by atoms with Crippen LogP contribution in [0.15, 0.2) is 59.5 Å². The zero-order valence-electron chi connectivity index (χ0n) is 15.4. The second-order valence-corrected chi connectivity index (χ2v) is 7.23. The Labute approximate surface area is 167 Å². The van der Waals surface area contributed by atoms with Crippen LogP contribution >= 0.6 is 11.6 Å². The van der Waals surface area contributed by atoms with Crippen LogP contribution in [-0.4, -0.2) is 46.8 Å². The molecule has 0 N–H and O–H groups in total. The minimum absolute atomic E-state index is 0.100. The van der Waals surface area contributed by atoms with E-state index in [9.17, 15) is 9.59 Å². The van der Waals surface area contributed by atoms with Crippen LogP contribution < -0.4 is 10.3 Å². The molecule has 1 aromatic heterocycles. The van der Waals surface area contributed by atoms with E-state index < -0.39 is 0 Å². The van der Waals surface area contributed by atoms with Gasteiger partial charge in [0.25, 0.3) is 0 Å². The second-order valence-electron chi connectivity index (χ2n) is 6.82. The lowest BCUT2D eigenvalue weighted by molar-refractivity contribution is -0.131.